The van der Waals surface area contributed by atoms with Crippen LogP contribution in [0, 0.1) is 5.92 Å². The highest BCUT2D eigenvalue weighted by atomic mass is 35.5. The molecule has 0 saturated carbocycles. The van der Waals surface area contributed by atoms with E-state index in [1.165, 1.54) is 11.3 Å². The minimum Gasteiger partial charge on any atom is -0.454 e. The first kappa shape index (κ1) is 21.7. The number of hydrogen-bond acceptors (Lipinski definition) is 6. The van der Waals surface area contributed by atoms with Crippen molar-refractivity contribution in [2.24, 2.45) is 5.92 Å². The molecule has 170 valence electrons. The number of amides is 2. The van der Waals surface area contributed by atoms with Gasteiger partial charge in [0, 0.05) is 46.7 Å². The normalized spacial score (nSPS) is 15.5. The average molecular weight is 484 g/mol. The summed E-state index contributed by atoms with van der Waals surface area (Å²) >= 11 is 7.46. The molecule has 3 aromatic rings. The van der Waals surface area contributed by atoms with Gasteiger partial charge in [-0.15, -0.1) is 11.3 Å². The van der Waals surface area contributed by atoms with Gasteiger partial charge in [-0.3, -0.25) is 9.59 Å². The van der Waals surface area contributed by atoms with Crippen molar-refractivity contribution >= 4 is 40.4 Å². The van der Waals surface area contributed by atoms with E-state index in [-0.39, 0.29) is 30.9 Å². The van der Waals surface area contributed by atoms with Crippen molar-refractivity contribution in [2.75, 3.05) is 25.2 Å². The van der Waals surface area contributed by atoms with Crippen LogP contribution in [0.3, 0.4) is 0 Å². The van der Waals surface area contributed by atoms with Crippen LogP contribution in [0.1, 0.15) is 18.5 Å². The maximum Gasteiger partial charge on any atom is 0.231 e. The van der Waals surface area contributed by atoms with Gasteiger partial charge in [0.05, 0.1) is 12.1 Å². The first-order chi connectivity index (χ1) is 16.0. The van der Waals surface area contributed by atoms with Crippen LogP contribution in [-0.2, 0) is 16.0 Å². The van der Waals surface area contributed by atoms with Gasteiger partial charge >= 0.3 is 0 Å². The molecule has 1 fully saturated rings. The predicted octanol–water partition coefficient (Wildman–Crippen LogP) is 4.61. The van der Waals surface area contributed by atoms with E-state index in [9.17, 15) is 9.59 Å². The highest BCUT2D eigenvalue weighted by molar-refractivity contribution is 7.13. The molecule has 0 bridgehead atoms. The van der Waals surface area contributed by atoms with Gasteiger partial charge < -0.3 is 19.7 Å². The van der Waals surface area contributed by atoms with Crippen molar-refractivity contribution in [3.8, 4) is 22.1 Å². The van der Waals surface area contributed by atoms with Gasteiger partial charge in [-0.1, -0.05) is 23.7 Å². The molecule has 3 heterocycles. The fraction of sp³-hybridized carbons (Fsp3) is 0.292. The molecule has 0 radical (unpaired) electrons. The molecule has 33 heavy (non-hydrogen) atoms. The number of hydrogen-bond donors (Lipinski definition) is 1. The number of nitrogens with one attached hydrogen (secondary N) is 1. The molecule has 0 atom stereocenters. The number of nitrogens with zero attached hydrogens (tertiary/aromatic N) is 2. The Kier molecular flexibility index (Phi) is 6.20. The molecule has 9 heteroatoms. The number of carbonyl (C=O) groups is 2. The molecule has 7 nitrogen and oxygen atoms in total. The number of halogens is 1. The van der Waals surface area contributed by atoms with Crippen molar-refractivity contribution in [3.05, 3.63) is 58.6 Å². The average Bonchev–Trinajstić information content (AvgIpc) is 3.49. The fourth-order valence-electron chi connectivity index (χ4n) is 3.99. The van der Waals surface area contributed by atoms with Crippen LogP contribution in [0.4, 0.5) is 5.69 Å². The van der Waals surface area contributed by atoms with Gasteiger partial charge in [0.25, 0.3) is 0 Å². The Morgan fingerprint density at radius 2 is 1.85 bits per heavy atom. The van der Waals surface area contributed by atoms with E-state index >= 15 is 0 Å². The zero-order valence-electron chi connectivity index (χ0n) is 17.8. The molecule has 2 aliphatic rings. The molecule has 1 aromatic heterocycles. The summed E-state index contributed by atoms with van der Waals surface area (Å²) < 4.78 is 10.7. The summed E-state index contributed by atoms with van der Waals surface area (Å²) in [5.74, 6) is 1.19. The lowest BCUT2D eigenvalue weighted by Gasteiger charge is -2.31. The van der Waals surface area contributed by atoms with E-state index in [1.54, 1.807) is 18.2 Å². The molecule has 0 spiro atoms. The van der Waals surface area contributed by atoms with Crippen molar-refractivity contribution in [3.63, 3.8) is 0 Å². The third-order valence-corrected chi connectivity index (χ3v) is 7.03. The van der Waals surface area contributed by atoms with Crippen LogP contribution in [0.2, 0.25) is 5.02 Å². The second-order valence-electron chi connectivity index (χ2n) is 8.04. The predicted molar refractivity (Wildman–Crippen MR) is 127 cm³/mol. The number of ether oxygens (including phenoxy) is 2. The third kappa shape index (κ3) is 4.96. The summed E-state index contributed by atoms with van der Waals surface area (Å²) in [6, 6.07) is 12.9. The Balaban J connectivity index is 1.12. The van der Waals surface area contributed by atoms with Crippen LogP contribution in [0.15, 0.2) is 47.8 Å². The summed E-state index contributed by atoms with van der Waals surface area (Å²) in [6.45, 7) is 1.32. The van der Waals surface area contributed by atoms with Gasteiger partial charge in [0.1, 0.15) is 5.01 Å². The summed E-state index contributed by atoms with van der Waals surface area (Å²) in [6.07, 6.45) is 1.53. The van der Waals surface area contributed by atoms with E-state index in [0.717, 1.165) is 16.3 Å². The molecule has 2 aromatic carbocycles. The quantitative estimate of drug-likeness (QED) is 0.573. The largest absolute Gasteiger partial charge is 0.454 e. The van der Waals surface area contributed by atoms with E-state index in [2.05, 4.69) is 10.3 Å². The van der Waals surface area contributed by atoms with Crippen LogP contribution in [-0.4, -0.2) is 41.6 Å². The van der Waals surface area contributed by atoms with Gasteiger partial charge in [0.15, 0.2) is 11.5 Å². The lowest BCUT2D eigenvalue weighted by molar-refractivity contribution is -0.133. The Morgan fingerprint density at radius 1 is 1.09 bits per heavy atom. The van der Waals surface area contributed by atoms with Crippen molar-refractivity contribution in [2.45, 2.75) is 19.3 Å². The van der Waals surface area contributed by atoms with Crippen LogP contribution in [0.5, 0.6) is 11.5 Å². The van der Waals surface area contributed by atoms with E-state index in [0.29, 0.717) is 48.1 Å². The number of rotatable bonds is 5. The first-order valence-electron chi connectivity index (χ1n) is 10.7. The van der Waals surface area contributed by atoms with E-state index < -0.39 is 0 Å². The number of thiazole rings is 1. The van der Waals surface area contributed by atoms with Crippen LogP contribution >= 0.6 is 22.9 Å². The standard InChI is InChI=1S/C24H22ClN3O4S/c25-17-3-1-16(2-4-17)24-27-19(13-33-24)12-22(29)28-9-7-15(8-10-28)23(30)26-18-5-6-20-21(11-18)32-14-31-20/h1-6,11,13,15H,7-10,12,14H2,(H,26,30). The SMILES string of the molecule is O=C(Nc1ccc2c(c1)OCO2)C1CCN(C(=O)Cc2csc(-c3ccc(Cl)cc3)n2)CC1. The van der Waals surface area contributed by atoms with Gasteiger partial charge in [-0.25, -0.2) is 4.98 Å². The van der Waals surface area contributed by atoms with Gasteiger partial charge in [0.2, 0.25) is 18.6 Å². The van der Waals surface area contributed by atoms with Crippen molar-refractivity contribution in [1.82, 2.24) is 9.88 Å². The lowest BCUT2D eigenvalue weighted by atomic mass is 9.95. The van der Waals surface area contributed by atoms with Crippen LogP contribution < -0.4 is 14.8 Å². The maximum absolute atomic E-state index is 12.8. The Bertz CT molecular complexity index is 1170. The molecular weight excluding hydrogens is 462 g/mol. The zero-order valence-corrected chi connectivity index (χ0v) is 19.3. The maximum atomic E-state index is 12.8. The highest BCUT2D eigenvalue weighted by Crippen LogP contribution is 2.34. The number of likely N-dealkylation sites (tertiary alicyclic amines) is 1. The molecular formula is C24H22ClN3O4S. The van der Waals surface area contributed by atoms with Crippen molar-refractivity contribution in [1.29, 1.82) is 0 Å². The fourth-order valence-corrected chi connectivity index (χ4v) is 4.94. The van der Waals surface area contributed by atoms with Gasteiger partial charge in [-0.2, -0.15) is 0 Å². The number of piperidine rings is 1. The topological polar surface area (TPSA) is 80.8 Å². The number of carbonyl (C=O) groups excluding carboxylic acids is 2. The minimum atomic E-state index is -0.129. The highest BCUT2D eigenvalue weighted by Gasteiger charge is 2.28. The number of fused-ring (bicyclic) bond motifs is 1. The Labute approximate surface area is 200 Å². The smallest absolute Gasteiger partial charge is 0.231 e. The first-order valence-corrected chi connectivity index (χ1v) is 12.0. The Hall–Kier alpha value is -3.10. The molecule has 5 rings (SSSR count). The number of aromatic nitrogens is 1. The molecule has 0 unspecified atom stereocenters. The van der Waals surface area contributed by atoms with E-state index in [4.69, 9.17) is 21.1 Å². The number of anilines is 1. The summed E-state index contributed by atoms with van der Waals surface area (Å²) in [5, 5.41) is 6.42. The molecule has 0 aliphatic carbocycles. The lowest BCUT2D eigenvalue weighted by Crippen LogP contribution is -2.42. The second kappa shape index (κ2) is 9.41. The zero-order chi connectivity index (χ0) is 22.8. The summed E-state index contributed by atoms with van der Waals surface area (Å²) in [7, 11) is 0. The molecule has 2 aliphatic heterocycles. The molecule has 1 saturated heterocycles. The number of benzene rings is 2. The monoisotopic (exact) mass is 483 g/mol. The van der Waals surface area contributed by atoms with Crippen LogP contribution in [0.25, 0.3) is 10.6 Å². The third-order valence-electron chi connectivity index (χ3n) is 5.83. The van der Waals surface area contributed by atoms with E-state index in [1.807, 2.05) is 34.5 Å². The Morgan fingerprint density at radius 3 is 2.64 bits per heavy atom. The van der Waals surface area contributed by atoms with Gasteiger partial charge in [-0.05, 0) is 37.1 Å². The summed E-state index contributed by atoms with van der Waals surface area (Å²) in [5.41, 5.74) is 2.43. The van der Waals surface area contributed by atoms with Crippen molar-refractivity contribution < 1.29 is 19.1 Å². The molecule has 1 N–H and O–H groups in total. The second-order valence-corrected chi connectivity index (χ2v) is 9.33. The molecule has 2 amide bonds. The minimum absolute atomic E-state index is 0.0342. The summed E-state index contributed by atoms with van der Waals surface area (Å²) in [4.78, 5) is 31.9.